The van der Waals surface area contributed by atoms with Gasteiger partial charge in [0, 0.05) is 38.6 Å². The first-order valence-corrected chi connectivity index (χ1v) is 6.27. The van der Waals surface area contributed by atoms with Gasteiger partial charge < -0.3 is 15.5 Å². The summed E-state index contributed by atoms with van der Waals surface area (Å²) >= 11 is 0. The summed E-state index contributed by atoms with van der Waals surface area (Å²) in [7, 11) is 1.84. The third-order valence-corrected chi connectivity index (χ3v) is 3.36. The van der Waals surface area contributed by atoms with E-state index in [4.69, 9.17) is 5.73 Å². The first-order chi connectivity index (χ1) is 8.59. The van der Waals surface area contributed by atoms with Gasteiger partial charge in [0.25, 0.3) is 0 Å². The number of urea groups is 1. The number of carbonyl (C=O) groups is 1. The lowest BCUT2D eigenvalue weighted by atomic mass is 10.1. The highest BCUT2D eigenvalue weighted by atomic mass is 16.2. The first-order valence-electron chi connectivity index (χ1n) is 6.27. The maximum absolute atomic E-state index is 12.1. The van der Waals surface area contributed by atoms with Crippen molar-refractivity contribution in [2.75, 3.05) is 20.1 Å². The average Bonchev–Trinajstić information content (AvgIpc) is 2.65. The number of nitrogens with two attached hydrogens (primary N) is 1. The van der Waals surface area contributed by atoms with Gasteiger partial charge in [-0.05, 0) is 25.0 Å². The fourth-order valence-electron chi connectivity index (χ4n) is 2.21. The predicted octanol–water partition coefficient (Wildman–Crippen LogP) is 1.23. The van der Waals surface area contributed by atoms with Crippen LogP contribution in [-0.4, -0.2) is 47.0 Å². The second-order valence-electron chi connectivity index (χ2n) is 4.91. The predicted molar refractivity (Wildman–Crippen MR) is 70.0 cm³/mol. The quantitative estimate of drug-likeness (QED) is 0.871. The molecule has 1 aromatic heterocycles. The molecule has 0 radical (unpaired) electrons. The molecule has 2 amide bonds. The molecule has 2 atom stereocenters. The topological polar surface area (TPSA) is 62.5 Å². The molecule has 0 aromatic carbocycles. The zero-order chi connectivity index (χ0) is 13.1. The Bertz CT molecular complexity index is 407. The average molecular weight is 248 g/mol. The lowest BCUT2D eigenvalue weighted by Gasteiger charge is -2.17. The van der Waals surface area contributed by atoms with E-state index in [0.717, 1.165) is 18.5 Å². The number of hydrogen-bond acceptors (Lipinski definition) is 3. The normalized spacial score (nSPS) is 21.5. The van der Waals surface area contributed by atoms with E-state index in [1.165, 1.54) is 0 Å². The number of rotatable bonds is 4. The van der Waals surface area contributed by atoms with E-state index in [9.17, 15) is 4.79 Å². The molecule has 5 heteroatoms. The standard InChI is InChI=1S/C13H20N4O/c1-10(14)5-7-17-9-12(16(2)13(17)18)11-4-3-6-15-8-11/h3-4,6,8,10,12H,5,7,9,14H2,1-2H3. The van der Waals surface area contributed by atoms with Gasteiger partial charge in [0.05, 0.1) is 6.04 Å². The second kappa shape index (κ2) is 5.35. The number of pyridine rings is 1. The van der Waals surface area contributed by atoms with Crippen molar-refractivity contribution < 1.29 is 4.79 Å². The van der Waals surface area contributed by atoms with Crippen molar-refractivity contribution in [1.29, 1.82) is 0 Å². The molecule has 1 aliphatic rings. The van der Waals surface area contributed by atoms with Crippen LogP contribution >= 0.6 is 0 Å². The molecule has 0 aliphatic carbocycles. The smallest absolute Gasteiger partial charge is 0.320 e. The highest BCUT2D eigenvalue weighted by Gasteiger charge is 2.35. The minimum Gasteiger partial charge on any atom is -0.328 e. The number of likely N-dealkylation sites (N-methyl/N-ethyl adjacent to an activating group) is 1. The molecule has 0 bridgehead atoms. The summed E-state index contributed by atoms with van der Waals surface area (Å²) in [5, 5.41) is 0. The Morgan fingerprint density at radius 3 is 3.00 bits per heavy atom. The lowest BCUT2D eigenvalue weighted by Crippen LogP contribution is -2.32. The van der Waals surface area contributed by atoms with Gasteiger partial charge >= 0.3 is 6.03 Å². The molecule has 0 saturated carbocycles. The van der Waals surface area contributed by atoms with Crippen molar-refractivity contribution in [2.45, 2.75) is 25.4 Å². The Morgan fingerprint density at radius 2 is 2.39 bits per heavy atom. The SMILES string of the molecule is CC(N)CCN1CC(c2cccnc2)N(C)C1=O. The fraction of sp³-hybridized carbons (Fsp3) is 0.538. The lowest BCUT2D eigenvalue weighted by molar-refractivity contribution is 0.194. The van der Waals surface area contributed by atoms with Crippen LogP contribution in [0.3, 0.4) is 0 Å². The highest BCUT2D eigenvalue weighted by Crippen LogP contribution is 2.27. The molecule has 5 nitrogen and oxygen atoms in total. The molecule has 2 heterocycles. The van der Waals surface area contributed by atoms with Crippen LogP contribution in [0.25, 0.3) is 0 Å². The van der Waals surface area contributed by atoms with E-state index in [-0.39, 0.29) is 18.1 Å². The molecule has 2 N–H and O–H groups in total. The number of carbonyl (C=O) groups excluding carboxylic acids is 1. The molecule has 1 aromatic rings. The summed E-state index contributed by atoms with van der Waals surface area (Å²) in [6, 6.07) is 4.21. The van der Waals surface area contributed by atoms with E-state index < -0.39 is 0 Å². The Balaban J connectivity index is 2.05. The maximum atomic E-state index is 12.1. The Kier molecular flexibility index (Phi) is 3.81. The molecule has 18 heavy (non-hydrogen) atoms. The van der Waals surface area contributed by atoms with Crippen LogP contribution in [0.1, 0.15) is 24.9 Å². The van der Waals surface area contributed by atoms with Crippen LogP contribution < -0.4 is 5.73 Å². The van der Waals surface area contributed by atoms with Crippen molar-refractivity contribution in [2.24, 2.45) is 5.73 Å². The van der Waals surface area contributed by atoms with Gasteiger partial charge in [0.2, 0.25) is 0 Å². The molecule has 98 valence electrons. The molecular formula is C13H20N4O. The molecule has 0 spiro atoms. The van der Waals surface area contributed by atoms with Gasteiger partial charge in [-0.3, -0.25) is 4.98 Å². The Hall–Kier alpha value is -1.62. The van der Waals surface area contributed by atoms with Crippen LogP contribution in [0.15, 0.2) is 24.5 Å². The van der Waals surface area contributed by atoms with E-state index >= 15 is 0 Å². The fourth-order valence-corrected chi connectivity index (χ4v) is 2.21. The van der Waals surface area contributed by atoms with E-state index in [0.29, 0.717) is 6.54 Å². The minimum absolute atomic E-state index is 0.0736. The molecule has 1 fully saturated rings. The number of aromatic nitrogens is 1. The van der Waals surface area contributed by atoms with Crippen LogP contribution in [-0.2, 0) is 0 Å². The van der Waals surface area contributed by atoms with Crippen molar-refractivity contribution >= 4 is 6.03 Å². The third-order valence-electron chi connectivity index (χ3n) is 3.36. The summed E-state index contributed by atoms with van der Waals surface area (Å²) < 4.78 is 0. The van der Waals surface area contributed by atoms with Gasteiger partial charge in [-0.2, -0.15) is 0 Å². The number of hydrogen-bond donors (Lipinski definition) is 1. The van der Waals surface area contributed by atoms with Gasteiger partial charge in [-0.15, -0.1) is 0 Å². The van der Waals surface area contributed by atoms with Crippen LogP contribution in [0.2, 0.25) is 0 Å². The summed E-state index contributed by atoms with van der Waals surface area (Å²) in [5.41, 5.74) is 6.82. The Morgan fingerprint density at radius 1 is 1.61 bits per heavy atom. The monoisotopic (exact) mass is 248 g/mol. The van der Waals surface area contributed by atoms with Gasteiger partial charge in [0.15, 0.2) is 0 Å². The second-order valence-corrected chi connectivity index (χ2v) is 4.91. The first kappa shape index (κ1) is 12.8. The Labute approximate surface area is 108 Å². The largest absolute Gasteiger partial charge is 0.328 e. The van der Waals surface area contributed by atoms with E-state index in [2.05, 4.69) is 4.98 Å². The van der Waals surface area contributed by atoms with Crippen LogP contribution in [0.5, 0.6) is 0 Å². The summed E-state index contributed by atoms with van der Waals surface area (Å²) in [4.78, 5) is 19.8. The van der Waals surface area contributed by atoms with Gasteiger partial charge in [0.1, 0.15) is 0 Å². The molecule has 1 aliphatic heterocycles. The summed E-state index contributed by atoms with van der Waals surface area (Å²) in [6.45, 7) is 3.40. The van der Waals surface area contributed by atoms with Crippen LogP contribution in [0.4, 0.5) is 4.79 Å². The highest BCUT2D eigenvalue weighted by molar-refractivity contribution is 5.77. The van der Waals surface area contributed by atoms with Crippen molar-refractivity contribution in [3.8, 4) is 0 Å². The van der Waals surface area contributed by atoms with Crippen molar-refractivity contribution in [3.05, 3.63) is 30.1 Å². The number of amides is 2. The van der Waals surface area contributed by atoms with Gasteiger partial charge in [-0.1, -0.05) is 6.07 Å². The number of nitrogens with zero attached hydrogens (tertiary/aromatic N) is 3. The maximum Gasteiger partial charge on any atom is 0.320 e. The molecule has 2 rings (SSSR count). The van der Waals surface area contributed by atoms with Gasteiger partial charge in [-0.25, -0.2) is 4.79 Å². The third kappa shape index (κ3) is 2.61. The molecule has 2 unspecified atom stereocenters. The molecule has 1 saturated heterocycles. The molecular weight excluding hydrogens is 228 g/mol. The summed E-state index contributed by atoms with van der Waals surface area (Å²) in [6.07, 6.45) is 4.40. The van der Waals surface area contributed by atoms with Crippen molar-refractivity contribution in [1.82, 2.24) is 14.8 Å². The van der Waals surface area contributed by atoms with E-state index in [1.807, 2.05) is 37.2 Å². The zero-order valence-electron chi connectivity index (χ0n) is 10.9. The van der Waals surface area contributed by atoms with E-state index in [1.54, 1.807) is 11.1 Å². The van der Waals surface area contributed by atoms with Crippen LogP contribution in [0, 0.1) is 0 Å². The minimum atomic E-state index is 0.0736. The summed E-state index contributed by atoms with van der Waals surface area (Å²) in [5.74, 6) is 0. The zero-order valence-corrected chi connectivity index (χ0v) is 10.9. The van der Waals surface area contributed by atoms with Crippen molar-refractivity contribution in [3.63, 3.8) is 0 Å².